The Morgan fingerprint density at radius 1 is 1.55 bits per heavy atom. The molecule has 2 rings (SSSR count). The maximum Gasteiger partial charge on any atom is 0.273 e. The molecule has 0 saturated heterocycles. The molecule has 0 spiro atoms. The molecule has 1 unspecified atom stereocenters. The van der Waals surface area contributed by atoms with Crippen molar-refractivity contribution in [2.24, 2.45) is 11.7 Å². The number of rotatable bonds is 6. The highest BCUT2D eigenvalue weighted by atomic mass is 16.5. The van der Waals surface area contributed by atoms with Gasteiger partial charge in [-0.05, 0) is 18.8 Å². The predicted octanol–water partition coefficient (Wildman–Crippen LogP) is 1.46. The van der Waals surface area contributed by atoms with E-state index in [2.05, 4.69) is 10.5 Å². The predicted molar refractivity (Wildman–Crippen MR) is 74.1 cm³/mol. The number of nitrogens with one attached hydrogen (secondary N) is 1. The molecule has 1 fully saturated rings. The molecule has 1 aromatic rings. The van der Waals surface area contributed by atoms with Crippen LogP contribution in [0.2, 0.25) is 0 Å². The summed E-state index contributed by atoms with van der Waals surface area (Å²) in [5.41, 5.74) is 6.09. The van der Waals surface area contributed by atoms with Gasteiger partial charge in [0.05, 0.1) is 0 Å². The summed E-state index contributed by atoms with van der Waals surface area (Å²) in [6, 6.07) is 1.62. The smallest absolute Gasteiger partial charge is 0.273 e. The third-order valence-electron chi connectivity index (χ3n) is 3.87. The molecule has 0 aliphatic heterocycles. The van der Waals surface area contributed by atoms with E-state index in [4.69, 9.17) is 15.0 Å². The lowest BCUT2D eigenvalue weighted by atomic mass is 9.84. The van der Waals surface area contributed by atoms with Crippen LogP contribution in [-0.2, 0) is 11.3 Å². The normalized spacial score (nSPS) is 17.9. The number of hydrogen-bond donors (Lipinski definition) is 2. The molecular formula is C14H23N3O3. The fraction of sp³-hybridized carbons (Fsp3) is 0.714. The number of hydrogen-bond acceptors (Lipinski definition) is 5. The average molecular weight is 281 g/mol. The van der Waals surface area contributed by atoms with Crippen LogP contribution in [0.25, 0.3) is 0 Å². The van der Waals surface area contributed by atoms with Crippen molar-refractivity contribution in [1.29, 1.82) is 0 Å². The third-order valence-corrected chi connectivity index (χ3v) is 3.87. The standard InChI is InChI=1S/C14H23N3O3/c1-19-9-11-7-12(17-20-11)14(18)16-13(8-15)10-5-3-2-4-6-10/h7,10,13H,2-6,8-9,15H2,1H3,(H,16,18). The Hall–Kier alpha value is -1.40. The van der Waals surface area contributed by atoms with Crippen molar-refractivity contribution in [3.8, 4) is 0 Å². The second kappa shape index (κ2) is 7.40. The van der Waals surface area contributed by atoms with E-state index in [1.165, 1.54) is 19.3 Å². The number of nitrogens with two attached hydrogens (primary N) is 1. The molecule has 3 N–H and O–H groups in total. The number of methoxy groups -OCH3 is 1. The number of carbonyl (C=O) groups is 1. The Kier molecular flexibility index (Phi) is 5.55. The maximum absolute atomic E-state index is 12.1. The summed E-state index contributed by atoms with van der Waals surface area (Å²) < 4.78 is 9.95. The molecule has 1 amide bonds. The average Bonchev–Trinajstić information content (AvgIpc) is 2.94. The lowest BCUT2D eigenvalue weighted by Gasteiger charge is -2.29. The molecule has 0 bridgehead atoms. The summed E-state index contributed by atoms with van der Waals surface area (Å²) in [7, 11) is 1.57. The summed E-state index contributed by atoms with van der Waals surface area (Å²) in [6.07, 6.45) is 6.00. The number of nitrogens with zero attached hydrogens (tertiary/aromatic N) is 1. The Bertz CT molecular complexity index is 427. The molecule has 112 valence electrons. The first-order valence-electron chi connectivity index (χ1n) is 7.20. The fourth-order valence-electron chi connectivity index (χ4n) is 2.78. The molecule has 20 heavy (non-hydrogen) atoms. The monoisotopic (exact) mass is 281 g/mol. The number of amides is 1. The molecule has 1 aliphatic carbocycles. The molecule has 1 aliphatic rings. The first kappa shape index (κ1) is 15.0. The van der Waals surface area contributed by atoms with E-state index in [1.807, 2.05) is 0 Å². The summed E-state index contributed by atoms with van der Waals surface area (Å²) >= 11 is 0. The molecule has 0 aromatic carbocycles. The van der Waals surface area contributed by atoms with Crippen molar-refractivity contribution < 1.29 is 14.1 Å². The minimum absolute atomic E-state index is 0.0189. The highest BCUT2D eigenvalue weighted by molar-refractivity contribution is 5.92. The zero-order valence-electron chi connectivity index (χ0n) is 11.9. The van der Waals surface area contributed by atoms with Gasteiger partial charge in [0.25, 0.3) is 5.91 Å². The number of carbonyl (C=O) groups excluding carboxylic acids is 1. The molecule has 1 aromatic heterocycles. The zero-order chi connectivity index (χ0) is 14.4. The summed E-state index contributed by atoms with van der Waals surface area (Å²) in [4.78, 5) is 12.1. The highest BCUT2D eigenvalue weighted by Gasteiger charge is 2.25. The second-order valence-electron chi connectivity index (χ2n) is 5.33. The summed E-state index contributed by atoms with van der Waals surface area (Å²) in [5.74, 6) is 0.791. The van der Waals surface area contributed by atoms with Gasteiger partial charge in [-0.1, -0.05) is 24.4 Å². The van der Waals surface area contributed by atoms with E-state index in [1.54, 1.807) is 13.2 Å². The molecule has 6 heteroatoms. The Morgan fingerprint density at radius 3 is 2.95 bits per heavy atom. The van der Waals surface area contributed by atoms with Crippen LogP contribution in [0.15, 0.2) is 10.6 Å². The lowest BCUT2D eigenvalue weighted by molar-refractivity contribution is 0.0905. The van der Waals surface area contributed by atoms with Crippen molar-refractivity contribution in [3.63, 3.8) is 0 Å². The number of aromatic nitrogens is 1. The highest BCUT2D eigenvalue weighted by Crippen LogP contribution is 2.26. The van der Waals surface area contributed by atoms with Gasteiger partial charge in [0.15, 0.2) is 11.5 Å². The van der Waals surface area contributed by atoms with Crippen LogP contribution in [0.4, 0.5) is 0 Å². The third kappa shape index (κ3) is 3.80. The van der Waals surface area contributed by atoms with E-state index in [9.17, 15) is 4.79 Å². The number of ether oxygens (including phenoxy) is 1. The van der Waals surface area contributed by atoms with Crippen LogP contribution in [0.1, 0.15) is 48.4 Å². The minimum atomic E-state index is -0.225. The Balaban J connectivity index is 1.93. The van der Waals surface area contributed by atoms with Gasteiger partial charge in [0, 0.05) is 25.8 Å². The Labute approximate surface area is 119 Å². The van der Waals surface area contributed by atoms with Crippen molar-refractivity contribution in [2.75, 3.05) is 13.7 Å². The van der Waals surface area contributed by atoms with Gasteiger partial charge in [-0.15, -0.1) is 0 Å². The largest absolute Gasteiger partial charge is 0.377 e. The van der Waals surface area contributed by atoms with Gasteiger partial charge >= 0.3 is 0 Å². The van der Waals surface area contributed by atoms with Crippen molar-refractivity contribution in [2.45, 2.75) is 44.8 Å². The van der Waals surface area contributed by atoms with Crippen LogP contribution < -0.4 is 11.1 Å². The van der Waals surface area contributed by atoms with Gasteiger partial charge < -0.3 is 20.3 Å². The topological polar surface area (TPSA) is 90.4 Å². The van der Waals surface area contributed by atoms with Gasteiger partial charge in [0.2, 0.25) is 0 Å². The zero-order valence-corrected chi connectivity index (χ0v) is 11.9. The molecular weight excluding hydrogens is 258 g/mol. The first-order valence-corrected chi connectivity index (χ1v) is 7.20. The second-order valence-corrected chi connectivity index (χ2v) is 5.33. The van der Waals surface area contributed by atoms with Gasteiger partial charge in [-0.2, -0.15) is 0 Å². The quantitative estimate of drug-likeness (QED) is 0.823. The maximum atomic E-state index is 12.1. The van der Waals surface area contributed by atoms with Crippen LogP contribution in [0.5, 0.6) is 0 Å². The van der Waals surface area contributed by atoms with E-state index in [0.29, 0.717) is 24.8 Å². The van der Waals surface area contributed by atoms with Crippen LogP contribution in [0.3, 0.4) is 0 Å². The summed E-state index contributed by atoms with van der Waals surface area (Å²) in [5, 5.41) is 6.74. The van der Waals surface area contributed by atoms with Crippen molar-refractivity contribution in [3.05, 3.63) is 17.5 Å². The first-order chi connectivity index (χ1) is 9.74. The van der Waals surface area contributed by atoms with Crippen LogP contribution >= 0.6 is 0 Å². The SMILES string of the molecule is COCc1cc(C(=O)NC(CN)C2CCCCC2)no1. The van der Waals surface area contributed by atoms with E-state index >= 15 is 0 Å². The Morgan fingerprint density at radius 2 is 2.30 bits per heavy atom. The van der Waals surface area contributed by atoms with Crippen molar-refractivity contribution >= 4 is 5.91 Å². The van der Waals surface area contributed by atoms with E-state index in [0.717, 1.165) is 12.8 Å². The van der Waals surface area contributed by atoms with Gasteiger partial charge in [-0.25, -0.2) is 0 Å². The molecule has 0 radical (unpaired) electrons. The van der Waals surface area contributed by atoms with Crippen LogP contribution in [0, 0.1) is 5.92 Å². The summed E-state index contributed by atoms with van der Waals surface area (Å²) in [6.45, 7) is 0.766. The molecule has 1 heterocycles. The lowest BCUT2D eigenvalue weighted by Crippen LogP contribution is -2.46. The van der Waals surface area contributed by atoms with E-state index in [-0.39, 0.29) is 17.6 Å². The molecule has 1 saturated carbocycles. The van der Waals surface area contributed by atoms with Crippen LogP contribution in [-0.4, -0.2) is 30.8 Å². The fourth-order valence-corrected chi connectivity index (χ4v) is 2.78. The van der Waals surface area contributed by atoms with Gasteiger partial charge in [0.1, 0.15) is 6.61 Å². The van der Waals surface area contributed by atoms with Gasteiger partial charge in [-0.3, -0.25) is 4.79 Å². The molecule has 1 atom stereocenters. The molecule has 6 nitrogen and oxygen atoms in total. The minimum Gasteiger partial charge on any atom is -0.377 e. The van der Waals surface area contributed by atoms with Crippen molar-refractivity contribution in [1.82, 2.24) is 10.5 Å². The van der Waals surface area contributed by atoms with E-state index < -0.39 is 0 Å².